The predicted octanol–water partition coefficient (Wildman–Crippen LogP) is 6.26. The minimum absolute atomic E-state index is 0.162. The molecular weight excluding hydrogens is 592 g/mol. The molecule has 1 atom stereocenters. The van der Waals surface area contributed by atoms with Crippen molar-refractivity contribution in [1.82, 2.24) is 10.2 Å². The van der Waals surface area contributed by atoms with Crippen LogP contribution in [0.1, 0.15) is 50.7 Å². The highest BCUT2D eigenvalue weighted by molar-refractivity contribution is 6.03. The van der Waals surface area contributed by atoms with Gasteiger partial charge in [0.1, 0.15) is 23.1 Å². The Bertz CT molecular complexity index is 1620. The minimum Gasteiger partial charge on any atom is -0.491 e. The van der Waals surface area contributed by atoms with Crippen LogP contribution < -0.4 is 30.2 Å². The van der Waals surface area contributed by atoms with Gasteiger partial charge < -0.3 is 35.1 Å². The standard InChI is InChI=1S/C37H46N6O4/c1-6-28-20-31(15-16-40-28)47-34-14-13-29(19-27(34)3)41-37(39)32-21-33-36(22-35(32)46-25-38)45-24-26(2)23-43(33)18-9-7-8-11-30(44)12-10-17-42(4)5/h6,10,12-16,19-22,26,40H,7-9,11,17-18,23-24H2,1-5H3,(H2,39,41)/b12-10+,28-6?. The smallest absolute Gasteiger partial charge is 0.292 e. The SMILES string of the molecule is CC=C1C=C(Oc2ccc(N=C(N)c3cc4c(cc3OC#N)OCC(C)CN4CCCCCC(=O)/C=C/CN(C)C)cc2C)C=CN1. The molecule has 2 aliphatic rings. The zero-order valence-electron chi connectivity index (χ0n) is 28.1. The number of fused-ring (bicyclic) bond motifs is 1. The molecule has 0 fully saturated rings. The van der Waals surface area contributed by atoms with Crippen molar-refractivity contribution < 1.29 is 19.0 Å². The molecule has 1 unspecified atom stereocenters. The number of ketones is 1. The Labute approximate surface area is 278 Å². The maximum absolute atomic E-state index is 12.2. The van der Waals surface area contributed by atoms with E-state index in [4.69, 9.17) is 24.9 Å². The van der Waals surface area contributed by atoms with E-state index in [9.17, 15) is 10.1 Å². The fourth-order valence-electron chi connectivity index (χ4n) is 5.31. The van der Waals surface area contributed by atoms with Crippen LogP contribution in [0.4, 0.5) is 11.4 Å². The number of amidine groups is 1. The molecule has 2 aliphatic heterocycles. The van der Waals surface area contributed by atoms with E-state index in [1.165, 1.54) is 0 Å². The average molecular weight is 639 g/mol. The van der Waals surface area contributed by atoms with Crippen LogP contribution >= 0.6 is 0 Å². The van der Waals surface area contributed by atoms with E-state index in [2.05, 4.69) is 17.1 Å². The van der Waals surface area contributed by atoms with Crippen molar-refractivity contribution in [2.75, 3.05) is 45.2 Å². The molecule has 0 radical (unpaired) electrons. The molecular formula is C37H46N6O4. The van der Waals surface area contributed by atoms with Crippen molar-refractivity contribution in [2.24, 2.45) is 16.6 Å². The van der Waals surface area contributed by atoms with Crippen molar-refractivity contribution >= 4 is 23.0 Å². The van der Waals surface area contributed by atoms with Gasteiger partial charge in [-0.3, -0.25) is 4.79 Å². The highest BCUT2D eigenvalue weighted by Gasteiger charge is 2.24. The number of benzene rings is 2. The number of hydrogen-bond acceptors (Lipinski definition) is 9. The summed E-state index contributed by atoms with van der Waals surface area (Å²) in [4.78, 5) is 21.2. The number of allylic oxidation sites excluding steroid dienone is 4. The number of rotatable bonds is 14. The van der Waals surface area contributed by atoms with Crippen LogP contribution in [0.25, 0.3) is 0 Å². The number of anilines is 1. The van der Waals surface area contributed by atoms with Crippen molar-refractivity contribution in [1.29, 1.82) is 5.26 Å². The van der Waals surface area contributed by atoms with E-state index in [0.717, 1.165) is 61.6 Å². The number of carbonyl (C=O) groups is 1. The fraction of sp³-hybridized carbons (Fsp3) is 0.378. The number of dihydropyridines is 1. The van der Waals surface area contributed by atoms with Crippen LogP contribution in [0.5, 0.6) is 17.2 Å². The summed E-state index contributed by atoms with van der Waals surface area (Å²) in [5.74, 6) is 3.01. The summed E-state index contributed by atoms with van der Waals surface area (Å²) in [5.41, 5.74) is 10.5. The van der Waals surface area contributed by atoms with E-state index in [1.807, 2.05) is 87.6 Å². The Morgan fingerprint density at radius 1 is 1.23 bits per heavy atom. The summed E-state index contributed by atoms with van der Waals surface area (Å²) in [7, 11) is 3.96. The van der Waals surface area contributed by atoms with Gasteiger partial charge in [-0.2, -0.15) is 0 Å². The van der Waals surface area contributed by atoms with Gasteiger partial charge in [0.25, 0.3) is 6.26 Å². The van der Waals surface area contributed by atoms with Crippen molar-refractivity contribution in [2.45, 2.75) is 46.5 Å². The van der Waals surface area contributed by atoms with Gasteiger partial charge in [-0.15, -0.1) is 5.26 Å². The molecule has 0 aliphatic carbocycles. The third-order valence-electron chi connectivity index (χ3n) is 7.76. The molecule has 0 saturated carbocycles. The maximum Gasteiger partial charge on any atom is 0.292 e. The molecule has 47 heavy (non-hydrogen) atoms. The molecule has 10 nitrogen and oxygen atoms in total. The van der Waals surface area contributed by atoms with Crippen molar-refractivity contribution in [3.63, 3.8) is 0 Å². The second-order valence-electron chi connectivity index (χ2n) is 12.1. The Morgan fingerprint density at radius 3 is 2.81 bits per heavy atom. The summed E-state index contributed by atoms with van der Waals surface area (Å²) in [6.45, 7) is 8.94. The van der Waals surface area contributed by atoms with Gasteiger partial charge >= 0.3 is 0 Å². The molecule has 0 bridgehead atoms. The molecule has 0 aromatic heterocycles. The van der Waals surface area contributed by atoms with Crippen molar-refractivity contribution in [3.8, 4) is 23.5 Å². The molecule has 0 spiro atoms. The van der Waals surface area contributed by atoms with Crippen LogP contribution in [-0.4, -0.2) is 56.9 Å². The van der Waals surface area contributed by atoms with Crippen LogP contribution in [-0.2, 0) is 4.79 Å². The molecule has 0 saturated heterocycles. The number of hydrogen-bond donors (Lipinski definition) is 2. The number of nitrogens with zero attached hydrogens (tertiary/aromatic N) is 4. The third-order valence-corrected chi connectivity index (χ3v) is 7.76. The Morgan fingerprint density at radius 2 is 2.06 bits per heavy atom. The van der Waals surface area contributed by atoms with Crippen LogP contribution in [0.2, 0.25) is 0 Å². The normalized spacial score (nSPS) is 17.1. The number of ether oxygens (including phenoxy) is 3. The number of nitriles is 1. The van der Waals surface area contributed by atoms with Gasteiger partial charge in [-0.05, 0) is 82.8 Å². The first kappa shape index (κ1) is 34.9. The number of carbonyl (C=O) groups excluding carboxylic acids is 1. The third kappa shape index (κ3) is 10.2. The number of aliphatic imine (C=N–C) groups is 1. The van der Waals surface area contributed by atoms with Crippen molar-refractivity contribution in [3.05, 3.63) is 89.5 Å². The lowest BCUT2D eigenvalue weighted by atomic mass is 10.1. The van der Waals surface area contributed by atoms with Gasteiger partial charge in [0.2, 0.25) is 0 Å². The van der Waals surface area contributed by atoms with E-state index in [-0.39, 0.29) is 23.3 Å². The molecule has 10 heteroatoms. The zero-order valence-corrected chi connectivity index (χ0v) is 28.1. The number of nitrogens with two attached hydrogens (primary N) is 1. The largest absolute Gasteiger partial charge is 0.491 e. The number of likely N-dealkylation sites (N-methyl/N-ethyl adjacent to an activating group) is 1. The van der Waals surface area contributed by atoms with Crippen LogP contribution in [0.3, 0.4) is 0 Å². The lowest BCUT2D eigenvalue weighted by Gasteiger charge is -2.26. The molecule has 4 rings (SSSR count). The molecule has 3 N–H and O–H groups in total. The van der Waals surface area contributed by atoms with Gasteiger partial charge in [0, 0.05) is 56.0 Å². The maximum atomic E-state index is 12.2. The molecule has 0 amide bonds. The molecule has 2 aromatic rings. The minimum atomic E-state index is 0.162. The molecule has 2 heterocycles. The first-order chi connectivity index (χ1) is 22.7. The number of nitrogens with one attached hydrogen (secondary N) is 1. The van der Waals surface area contributed by atoms with Crippen LogP contribution in [0, 0.1) is 24.4 Å². The van der Waals surface area contributed by atoms with Gasteiger partial charge in [-0.25, -0.2) is 4.99 Å². The monoisotopic (exact) mass is 638 g/mol. The Kier molecular flexibility index (Phi) is 12.7. The number of aryl methyl sites for hydroxylation is 1. The van der Waals surface area contributed by atoms with E-state index in [1.54, 1.807) is 18.4 Å². The fourth-order valence-corrected chi connectivity index (χ4v) is 5.31. The topological polar surface area (TPSA) is 125 Å². The first-order valence-corrected chi connectivity index (χ1v) is 16.1. The number of unbranched alkanes of at least 4 members (excludes halogenated alkanes) is 2. The lowest BCUT2D eigenvalue weighted by molar-refractivity contribution is -0.114. The molecule has 248 valence electrons. The summed E-state index contributed by atoms with van der Waals surface area (Å²) in [6.07, 6.45) is 16.2. The highest BCUT2D eigenvalue weighted by Crippen LogP contribution is 2.39. The highest BCUT2D eigenvalue weighted by atomic mass is 16.5. The average Bonchev–Trinajstić information content (AvgIpc) is 3.19. The first-order valence-electron chi connectivity index (χ1n) is 16.1. The summed E-state index contributed by atoms with van der Waals surface area (Å²) in [6, 6.07) is 9.23. The summed E-state index contributed by atoms with van der Waals surface area (Å²) in [5, 5.41) is 12.6. The van der Waals surface area contributed by atoms with E-state index >= 15 is 0 Å². The second-order valence-corrected chi connectivity index (χ2v) is 12.1. The second kappa shape index (κ2) is 17.1. The lowest BCUT2D eigenvalue weighted by Crippen LogP contribution is -2.29. The van der Waals surface area contributed by atoms with E-state index < -0.39 is 0 Å². The summed E-state index contributed by atoms with van der Waals surface area (Å²) >= 11 is 0. The van der Waals surface area contributed by atoms with Gasteiger partial charge in [0.05, 0.1) is 23.5 Å². The summed E-state index contributed by atoms with van der Waals surface area (Å²) < 4.78 is 17.6. The van der Waals surface area contributed by atoms with E-state index in [0.29, 0.717) is 35.8 Å². The van der Waals surface area contributed by atoms with Gasteiger partial charge in [-0.1, -0.05) is 25.5 Å². The Balaban J connectivity index is 1.50. The zero-order chi connectivity index (χ0) is 33.8. The van der Waals surface area contributed by atoms with Gasteiger partial charge in [0.15, 0.2) is 11.5 Å². The quantitative estimate of drug-likeness (QED) is 0.0811. The van der Waals surface area contributed by atoms with Crippen LogP contribution in [0.15, 0.2) is 83.4 Å². The molecule has 2 aromatic carbocycles. The predicted molar refractivity (Wildman–Crippen MR) is 187 cm³/mol. The Hall–Kier alpha value is -5.01.